The van der Waals surface area contributed by atoms with Crippen LogP contribution in [0.3, 0.4) is 0 Å². The first-order valence-corrected chi connectivity index (χ1v) is 5.56. The van der Waals surface area contributed by atoms with Crippen LogP contribution in [0.2, 0.25) is 0 Å². The van der Waals surface area contributed by atoms with Gasteiger partial charge in [0.05, 0.1) is 6.20 Å². The van der Waals surface area contributed by atoms with Crippen molar-refractivity contribution in [3.63, 3.8) is 0 Å². The average molecular weight is 226 g/mol. The highest BCUT2D eigenvalue weighted by molar-refractivity contribution is 5.56. The van der Waals surface area contributed by atoms with Crippen LogP contribution in [0.25, 0.3) is 0 Å². The second kappa shape index (κ2) is 3.48. The summed E-state index contributed by atoms with van der Waals surface area (Å²) in [6, 6.07) is 0. The number of carbonyl (C=O) groups is 1. The number of rotatable bonds is 0. The predicted molar refractivity (Wildman–Crippen MR) is 61.0 cm³/mol. The summed E-state index contributed by atoms with van der Waals surface area (Å²) in [5.74, 6) is 0. The van der Waals surface area contributed by atoms with E-state index >= 15 is 0 Å². The van der Waals surface area contributed by atoms with Gasteiger partial charge in [0.15, 0.2) is 6.67 Å². The first-order chi connectivity index (χ1) is 7.01. The summed E-state index contributed by atoms with van der Waals surface area (Å²) in [5.41, 5.74) is -0.480. The minimum Gasteiger partial charge on any atom is -0.498 e. The van der Waals surface area contributed by atoms with Gasteiger partial charge in [-0.05, 0) is 41.5 Å². The van der Waals surface area contributed by atoms with Crippen molar-refractivity contribution in [2.45, 2.75) is 52.6 Å². The van der Waals surface area contributed by atoms with E-state index in [0.717, 1.165) is 0 Å². The topological polar surface area (TPSA) is 43.4 Å². The predicted octanol–water partition coefficient (Wildman–Crippen LogP) is 1.49. The Balaban J connectivity index is 3.06. The average Bonchev–Trinajstić information content (AvgIpc) is 2.45. The molecule has 0 saturated heterocycles. The largest absolute Gasteiger partial charge is 0.498 e. The lowest BCUT2D eigenvalue weighted by Gasteiger charge is -2.44. The molecule has 1 amide bonds. The van der Waals surface area contributed by atoms with E-state index in [1.54, 1.807) is 6.20 Å². The smallest absolute Gasteiger partial charge is 0.264 e. The number of nitrogens with zero attached hydrogens (tertiary/aromatic N) is 2. The van der Waals surface area contributed by atoms with E-state index in [1.165, 1.54) is 0 Å². The molecule has 0 N–H and O–H groups in total. The Hall–Kier alpha value is -1.03. The number of carboxylic acid groups (broad SMARTS) is 1. The highest BCUT2D eigenvalue weighted by atomic mass is 16.4. The molecule has 4 heteroatoms. The molecule has 1 atom stereocenters. The van der Waals surface area contributed by atoms with Crippen molar-refractivity contribution in [1.29, 1.82) is 0 Å². The molecule has 0 aliphatic carbocycles. The van der Waals surface area contributed by atoms with Crippen LogP contribution in [0, 0.1) is 0 Å². The molecule has 0 radical (unpaired) electrons. The Morgan fingerprint density at radius 1 is 1.25 bits per heavy atom. The van der Waals surface area contributed by atoms with Crippen LogP contribution in [0.15, 0.2) is 12.4 Å². The molecule has 1 aliphatic heterocycles. The van der Waals surface area contributed by atoms with E-state index in [-0.39, 0.29) is 10.0 Å². The first kappa shape index (κ1) is 13.0. The van der Waals surface area contributed by atoms with Gasteiger partial charge in [-0.25, -0.2) is 4.48 Å². The zero-order valence-electron chi connectivity index (χ0n) is 11.1. The molecule has 0 aromatic carbocycles. The van der Waals surface area contributed by atoms with E-state index in [1.807, 2.05) is 31.9 Å². The van der Waals surface area contributed by atoms with E-state index in [9.17, 15) is 9.90 Å². The Labute approximate surface area is 97.7 Å². The van der Waals surface area contributed by atoms with Gasteiger partial charge in [-0.2, -0.15) is 0 Å². The summed E-state index contributed by atoms with van der Waals surface area (Å²) in [6.45, 7) is 12.4. The molecule has 1 aliphatic rings. The van der Waals surface area contributed by atoms with E-state index in [0.29, 0.717) is 6.67 Å². The summed E-state index contributed by atoms with van der Waals surface area (Å²) in [7, 11) is 0. The van der Waals surface area contributed by atoms with Gasteiger partial charge in [0, 0.05) is 5.54 Å². The third kappa shape index (κ3) is 1.94. The number of carbonyl (C=O) groups excluding carboxylic acids is 1. The Morgan fingerprint density at radius 2 is 1.75 bits per heavy atom. The molecule has 0 saturated carbocycles. The van der Waals surface area contributed by atoms with Gasteiger partial charge in [-0.1, -0.05) is 0 Å². The molecule has 4 nitrogen and oxygen atoms in total. The molecule has 0 aromatic heterocycles. The quantitative estimate of drug-likeness (QED) is 0.588. The van der Waals surface area contributed by atoms with Crippen LogP contribution < -0.4 is 5.11 Å². The minimum atomic E-state index is -1.05. The molecule has 0 fully saturated rings. The van der Waals surface area contributed by atoms with Crippen molar-refractivity contribution in [3.8, 4) is 0 Å². The third-order valence-electron chi connectivity index (χ3n) is 3.26. The summed E-state index contributed by atoms with van der Waals surface area (Å²) >= 11 is 0. The van der Waals surface area contributed by atoms with Gasteiger partial charge in [0.1, 0.15) is 11.7 Å². The molecule has 1 unspecified atom stereocenters. The molecule has 1 rings (SSSR count). The van der Waals surface area contributed by atoms with E-state index in [4.69, 9.17) is 0 Å². The number of hydrogen-bond donors (Lipinski definition) is 0. The van der Waals surface area contributed by atoms with Gasteiger partial charge < -0.3 is 14.8 Å². The zero-order chi connectivity index (χ0) is 12.8. The van der Waals surface area contributed by atoms with E-state index in [2.05, 4.69) is 20.8 Å². The zero-order valence-corrected chi connectivity index (χ0v) is 11.1. The van der Waals surface area contributed by atoms with Gasteiger partial charge in [-0.15, -0.1) is 0 Å². The summed E-state index contributed by atoms with van der Waals surface area (Å²) in [5, 5.41) is 11.4. The summed E-state index contributed by atoms with van der Waals surface area (Å²) < 4.78 is -0.149. The maximum Gasteiger partial charge on any atom is 0.264 e. The second-order valence-corrected chi connectivity index (χ2v) is 6.39. The molecule has 92 valence electrons. The monoisotopic (exact) mass is 226 g/mol. The molecular formula is C12H22N2O2. The summed E-state index contributed by atoms with van der Waals surface area (Å²) in [4.78, 5) is 13.5. The lowest BCUT2D eigenvalue weighted by atomic mass is 10.0. The van der Waals surface area contributed by atoms with Crippen molar-refractivity contribution in [3.05, 3.63) is 12.4 Å². The van der Waals surface area contributed by atoms with Crippen molar-refractivity contribution in [1.82, 2.24) is 4.90 Å². The van der Waals surface area contributed by atoms with Crippen molar-refractivity contribution >= 4 is 6.09 Å². The van der Waals surface area contributed by atoms with Crippen molar-refractivity contribution in [2.75, 3.05) is 6.67 Å². The van der Waals surface area contributed by atoms with E-state index < -0.39 is 11.6 Å². The maximum absolute atomic E-state index is 11.4. The molecule has 0 bridgehead atoms. The number of amides is 1. The van der Waals surface area contributed by atoms with Gasteiger partial charge in [-0.3, -0.25) is 0 Å². The van der Waals surface area contributed by atoms with Gasteiger partial charge in [0.2, 0.25) is 0 Å². The van der Waals surface area contributed by atoms with Crippen molar-refractivity contribution < 1.29 is 14.4 Å². The fraction of sp³-hybridized carbons (Fsp3) is 0.750. The molecular weight excluding hydrogens is 204 g/mol. The third-order valence-corrected chi connectivity index (χ3v) is 3.26. The van der Waals surface area contributed by atoms with Crippen molar-refractivity contribution in [2.24, 2.45) is 0 Å². The van der Waals surface area contributed by atoms with Crippen LogP contribution in [-0.2, 0) is 0 Å². The van der Waals surface area contributed by atoms with Gasteiger partial charge in [0.25, 0.3) is 6.09 Å². The second-order valence-electron chi connectivity index (χ2n) is 6.39. The highest BCUT2D eigenvalue weighted by Gasteiger charge is 2.47. The molecule has 1 heterocycles. The number of quaternary nitrogens is 1. The van der Waals surface area contributed by atoms with Crippen LogP contribution >= 0.6 is 0 Å². The Bertz CT molecular complexity index is 323. The molecule has 0 spiro atoms. The van der Waals surface area contributed by atoms with Gasteiger partial charge >= 0.3 is 0 Å². The molecule has 16 heavy (non-hydrogen) atoms. The minimum absolute atomic E-state index is 0.0722. The number of hydrogen-bond acceptors (Lipinski definition) is 3. The first-order valence-electron chi connectivity index (χ1n) is 5.56. The Kier molecular flexibility index (Phi) is 2.84. The highest BCUT2D eigenvalue weighted by Crippen LogP contribution is 2.33. The standard InChI is InChI=1S/C12H22N2O2/c1-11(2,3)13-7-8-14(9-13,10(15)16)12(4,5)6/h7-8H,9H2,1-6H3. The lowest BCUT2D eigenvalue weighted by Crippen LogP contribution is -2.65. The maximum atomic E-state index is 11.4. The Morgan fingerprint density at radius 3 is 1.94 bits per heavy atom. The fourth-order valence-electron chi connectivity index (χ4n) is 1.79. The fourth-order valence-corrected chi connectivity index (χ4v) is 1.79. The van der Waals surface area contributed by atoms with Crippen LogP contribution in [-0.4, -0.2) is 33.2 Å². The normalized spacial score (nSPS) is 26.2. The van der Waals surface area contributed by atoms with Crippen LogP contribution in [0.4, 0.5) is 4.79 Å². The van der Waals surface area contributed by atoms with Crippen LogP contribution in [0.5, 0.6) is 0 Å². The summed E-state index contributed by atoms with van der Waals surface area (Å²) in [6.07, 6.45) is 2.54. The lowest BCUT2D eigenvalue weighted by molar-refractivity contribution is -0.876. The van der Waals surface area contributed by atoms with Crippen LogP contribution in [0.1, 0.15) is 41.5 Å². The SMILES string of the molecule is CC(C)(C)N1C=C[N+](C(=O)[O-])(C(C)(C)C)C1. The molecule has 0 aromatic rings.